The summed E-state index contributed by atoms with van der Waals surface area (Å²) in [6, 6.07) is 3.13. The molecule has 1 aromatic rings. The third-order valence-corrected chi connectivity index (χ3v) is 4.17. The van der Waals surface area contributed by atoms with Crippen LogP contribution in [0.4, 0.5) is 0 Å². The Balaban J connectivity index is 2.35. The number of carboxylic acid groups (broad SMARTS) is 2. The van der Waals surface area contributed by atoms with E-state index in [1.807, 2.05) is 0 Å². The Morgan fingerprint density at radius 2 is 1.79 bits per heavy atom. The van der Waals surface area contributed by atoms with Crippen molar-refractivity contribution in [1.29, 1.82) is 0 Å². The third kappa shape index (κ3) is 3.68. The van der Waals surface area contributed by atoms with Gasteiger partial charge in [0.15, 0.2) is 6.29 Å². The van der Waals surface area contributed by atoms with Gasteiger partial charge in [-0.1, -0.05) is 12.1 Å². The van der Waals surface area contributed by atoms with Crippen LogP contribution < -0.4 is 0 Å². The fourth-order valence-corrected chi connectivity index (χ4v) is 2.85. The summed E-state index contributed by atoms with van der Waals surface area (Å²) < 4.78 is 10.8. The molecular weight excluding hydrogens is 316 g/mol. The Kier molecular flexibility index (Phi) is 5.46. The summed E-state index contributed by atoms with van der Waals surface area (Å²) in [4.78, 5) is 23.5. The third-order valence-electron chi connectivity index (χ3n) is 4.17. The van der Waals surface area contributed by atoms with Gasteiger partial charge in [-0.15, -0.1) is 0 Å². The molecular formula is C17H22O7. The molecule has 1 atom stereocenters. The average Bonchev–Trinajstić information content (AvgIpc) is 2.52. The molecule has 0 amide bonds. The average molecular weight is 338 g/mol. The predicted octanol–water partition coefficient (Wildman–Crippen LogP) is 2.00. The summed E-state index contributed by atoms with van der Waals surface area (Å²) in [7, 11) is 0. The second-order valence-electron chi connectivity index (χ2n) is 6.11. The number of ether oxygens (including phenoxy) is 2. The minimum atomic E-state index is -2.43. The van der Waals surface area contributed by atoms with Gasteiger partial charge in [0.2, 0.25) is 0 Å². The lowest BCUT2D eigenvalue weighted by Crippen LogP contribution is -2.53. The number of hydrogen-bond donors (Lipinski definition) is 3. The van der Waals surface area contributed by atoms with Gasteiger partial charge >= 0.3 is 11.9 Å². The van der Waals surface area contributed by atoms with Crippen LogP contribution >= 0.6 is 0 Å². The number of benzene rings is 1. The standard InChI is InChI=1S/C17H22O7/c1-10-7-12(8-11(2)14(10)18)9-17(15(19)20,16(21)22)24-13-5-3-4-6-23-13/h7-8,13,18H,3-6,9H2,1-2H3,(H,19,20)(H,21,22). The van der Waals surface area contributed by atoms with Crippen LogP contribution in [0.2, 0.25) is 0 Å². The molecule has 7 heteroatoms. The first-order valence-corrected chi connectivity index (χ1v) is 7.81. The van der Waals surface area contributed by atoms with Crippen LogP contribution in [0.15, 0.2) is 12.1 Å². The molecule has 0 saturated carbocycles. The van der Waals surface area contributed by atoms with E-state index in [-0.39, 0.29) is 12.2 Å². The van der Waals surface area contributed by atoms with Gasteiger partial charge in [0, 0.05) is 13.0 Å². The van der Waals surface area contributed by atoms with Crippen LogP contribution in [0, 0.1) is 13.8 Å². The van der Waals surface area contributed by atoms with Crippen molar-refractivity contribution in [3.8, 4) is 5.75 Å². The van der Waals surface area contributed by atoms with E-state index in [0.717, 1.165) is 12.8 Å². The molecule has 1 saturated heterocycles. The van der Waals surface area contributed by atoms with Crippen molar-refractivity contribution in [1.82, 2.24) is 0 Å². The molecule has 1 heterocycles. The molecule has 2 rings (SSSR count). The Hall–Kier alpha value is -2.12. The zero-order valence-electron chi connectivity index (χ0n) is 13.7. The van der Waals surface area contributed by atoms with Crippen molar-refractivity contribution < 1.29 is 34.4 Å². The second kappa shape index (κ2) is 7.19. The first-order valence-electron chi connectivity index (χ1n) is 7.81. The minimum Gasteiger partial charge on any atom is -0.507 e. The molecule has 24 heavy (non-hydrogen) atoms. The van der Waals surface area contributed by atoms with Gasteiger partial charge in [0.05, 0.1) is 0 Å². The molecule has 1 aromatic carbocycles. The van der Waals surface area contributed by atoms with Gasteiger partial charge in [0.1, 0.15) is 5.75 Å². The van der Waals surface area contributed by atoms with Crippen LogP contribution in [0.5, 0.6) is 5.75 Å². The smallest absolute Gasteiger partial charge is 0.348 e. The number of phenolic OH excluding ortho intramolecular Hbond substituents is 1. The number of hydrogen-bond acceptors (Lipinski definition) is 5. The summed E-state index contributed by atoms with van der Waals surface area (Å²) in [5.74, 6) is -3.05. The lowest BCUT2D eigenvalue weighted by Gasteiger charge is -2.32. The summed E-state index contributed by atoms with van der Waals surface area (Å²) in [6.07, 6.45) is 0.862. The van der Waals surface area contributed by atoms with Crippen molar-refractivity contribution in [2.75, 3.05) is 6.61 Å². The number of carbonyl (C=O) groups is 2. The van der Waals surface area contributed by atoms with Gasteiger partial charge in [-0.2, -0.15) is 0 Å². The second-order valence-corrected chi connectivity index (χ2v) is 6.11. The van der Waals surface area contributed by atoms with Crippen LogP contribution in [-0.4, -0.2) is 45.8 Å². The summed E-state index contributed by atoms with van der Waals surface area (Å²) >= 11 is 0. The number of aryl methyl sites for hydroxylation is 2. The van der Waals surface area contributed by atoms with Crippen LogP contribution in [-0.2, 0) is 25.5 Å². The van der Waals surface area contributed by atoms with E-state index in [1.165, 1.54) is 0 Å². The highest BCUT2D eigenvalue weighted by molar-refractivity contribution is 6.02. The highest BCUT2D eigenvalue weighted by Crippen LogP contribution is 2.29. The maximum Gasteiger partial charge on any atom is 0.348 e. The molecule has 0 aliphatic carbocycles. The van der Waals surface area contributed by atoms with Gasteiger partial charge in [-0.3, -0.25) is 0 Å². The Bertz CT molecular complexity index is 595. The Morgan fingerprint density at radius 3 is 2.25 bits per heavy atom. The predicted molar refractivity (Wildman–Crippen MR) is 84.0 cm³/mol. The lowest BCUT2D eigenvalue weighted by molar-refractivity contribution is -0.236. The molecule has 0 bridgehead atoms. The molecule has 132 valence electrons. The van der Waals surface area contributed by atoms with Crippen molar-refractivity contribution in [2.24, 2.45) is 0 Å². The van der Waals surface area contributed by atoms with Crippen molar-refractivity contribution in [2.45, 2.75) is 51.4 Å². The number of carboxylic acids is 2. The number of aliphatic carboxylic acids is 2. The quantitative estimate of drug-likeness (QED) is 0.680. The topological polar surface area (TPSA) is 113 Å². The fraction of sp³-hybridized carbons (Fsp3) is 0.529. The van der Waals surface area contributed by atoms with E-state index in [4.69, 9.17) is 9.47 Å². The number of rotatable bonds is 6. The summed E-state index contributed by atoms with van der Waals surface area (Å²) in [5.41, 5.74) is -0.881. The lowest BCUT2D eigenvalue weighted by atomic mass is 9.92. The van der Waals surface area contributed by atoms with Crippen molar-refractivity contribution in [3.05, 3.63) is 28.8 Å². The van der Waals surface area contributed by atoms with Gasteiger partial charge in [-0.05, 0) is 49.8 Å². The monoisotopic (exact) mass is 338 g/mol. The molecule has 0 radical (unpaired) electrons. The first-order chi connectivity index (χ1) is 11.3. The zero-order valence-corrected chi connectivity index (χ0v) is 13.7. The highest BCUT2D eigenvalue weighted by Gasteiger charge is 2.50. The first kappa shape index (κ1) is 18.2. The summed E-state index contributed by atoms with van der Waals surface area (Å²) in [5, 5.41) is 29.0. The van der Waals surface area contributed by atoms with E-state index in [9.17, 15) is 24.9 Å². The molecule has 1 unspecified atom stereocenters. The van der Waals surface area contributed by atoms with Crippen LogP contribution in [0.3, 0.4) is 0 Å². The normalized spacial score (nSPS) is 18.3. The molecule has 3 N–H and O–H groups in total. The van der Waals surface area contributed by atoms with E-state index in [1.54, 1.807) is 26.0 Å². The summed E-state index contributed by atoms with van der Waals surface area (Å²) in [6.45, 7) is 3.75. The van der Waals surface area contributed by atoms with Crippen LogP contribution in [0.25, 0.3) is 0 Å². The molecule has 1 aliphatic heterocycles. The maximum absolute atomic E-state index is 11.8. The zero-order chi connectivity index (χ0) is 17.9. The molecule has 7 nitrogen and oxygen atoms in total. The van der Waals surface area contributed by atoms with Crippen molar-refractivity contribution >= 4 is 11.9 Å². The Morgan fingerprint density at radius 1 is 1.21 bits per heavy atom. The van der Waals surface area contributed by atoms with Crippen LogP contribution in [0.1, 0.15) is 36.0 Å². The maximum atomic E-state index is 11.8. The molecule has 0 aromatic heterocycles. The van der Waals surface area contributed by atoms with Crippen molar-refractivity contribution in [3.63, 3.8) is 0 Å². The van der Waals surface area contributed by atoms with E-state index >= 15 is 0 Å². The van der Waals surface area contributed by atoms with E-state index < -0.39 is 23.8 Å². The number of aromatic hydroxyl groups is 1. The number of phenols is 1. The van der Waals surface area contributed by atoms with Gasteiger partial charge in [0.25, 0.3) is 5.60 Å². The SMILES string of the molecule is Cc1cc(CC(OC2CCCCO2)(C(=O)O)C(=O)O)cc(C)c1O. The molecule has 1 fully saturated rings. The highest BCUT2D eigenvalue weighted by atomic mass is 16.7. The minimum absolute atomic E-state index is 0.103. The van der Waals surface area contributed by atoms with Gasteiger partial charge in [-0.25, -0.2) is 9.59 Å². The van der Waals surface area contributed by atoms with E-state index in [0.29, 0.717) is 29.7 Å². The molecule has 0 spiro atoms. The largest absolute Gasteiger partial charge is 0.507 e. The van der Waals surface area contributed by atoms with E-state index in [2.05, 4.69) is 0 Å². The Labute approximate surface area is 139 Å². The van der Waals surface area contributed by atoms with Gasteiger partial charge < -0.3 is 24.8 Å². The molecule has 1 aliphatic rings. The fourth-order valence-electron chi connectivity index (χ4n) is 2.85.